The molecule has 70 valence electrons. The van der Waals surface area contributed by atoms with Crippen molar-refractivity contribution in [1.29, 1.82) is 0 Å². The summed E-state index contributed by atoms with van der Waals surface area (Å²) >= 11 is 0. The van der Waals surface area contributed by atoms with Crippen LogP contribution in [0.1, 0.15) is 10.5 Å². The lowest BCUT2D eigenvalue weighted by atomic mass is 10.3. The summed E-state index contributed by atoms with van der Waals surface area (Å²) in [7, 11) is 0. The third-order valence-corrected chi connectivity index (χ3v) is 1.27. The molecule has 0 aromatic carbocycles. The number of halogens is 3. The van der Waals surface area contributed by atoms with Crippen LogP contribution in [-0.4, -0.2) is 16.1 Å². The second-order valence-electron chi connectivity index (χ2n) is 2.10. The molecule has 0 amide bonds. The van der Waals surface area contributed by atoms with E-state index in [-0.39, 0.29) is 0 Å². The number of aromatic carboxylic acids is 1. The maximum Gasteiger partial charge on any atom is 0.357 e. The Kier molecular flexibility index (Phi) is 2.09. The molecule has 1 heterocycles. The minimum absolute atomic E-state index is 1.19. The summed E-state index contributed by atoms with van der Waals surface area (Å²) in [5, 5.41) is 8.26. The molecule has 7 heteroatoms. The van der Waals surface area contributed by atoms with Gasteiger partial charge >= 0.3 is 5.97 Å². The summed E-state index contributed by atoms with van der Waals surface area (Å²) in [5.74, 6) is -6.83. The number of nitrogen functional groups attached to an aromatic ring is 1. The van der Waals surface area contributed by atoms with Gasteiger partial charge in [0.15, 0.2) is 11.5 Å². The number of carbonyl (C=O) groups is 1. The number of carboxylic acid groups (broad SMARTS) is 1. The van der Waals surface area contributed by atoms with Crippen molar-refractivity contribution in [3.05, 3.63) is 23.3 Å². The summed E-state index contributed by atoms with van der Waals surface area (Å²) in [6, 6.07) is 0. The molecule has 0 saturated heterocycles. The fourth-order valence-corrected chi connectivity index (χ4v) is 0.673. The minimum atomic E-state index is -1.82. The zero-order valence-corrected chi connectivity index (χ0v) is 6.01. The van der Waals surface area contributed by atoms with Crippen LogP contribution in [0.2, 0.25) is 0 Å². The number of nitrogens with two attached hydrogens (primary N) is 1. The van der Waals surface area contributed by atoms with E-state index in [0.717, 1.165) is 0 Å². The molecule has 0 aliphatic carbocycles. The van der Waals surface area contributed by atoms with E-state index in [2.05, 4.69) is 4.98 Å². The lowest BCUT2D eigenvalue weighted by Gasteiger charge is -2.01. The van der Waals surface area contributed by atoms with Crippen molar-refractivity contribution >= 4 is 11.7 Å². The van der Waals surface area contributed by atoms with Gasteiger partial charge < -0.3 is 10.8 Å². The SMILES string of the molecule is Nc1c(F)c(F)nc(C(=O)O)c1F. The molecule has 0 unspecified atom stereocenters. The van der Waals surface area contributed by atoms with Gasteiger partial charge in [0.25, 0.3) is 5.95 Å². The zero-order chi connectivity index (χ0) is 10.2. The number of nitrogens with zero attached hydrogens (tertiary/aromatic N) is 1. The third kappa shape index (κ3) is 1.40. The summed E-state index contributed by atoms with van der Waals surface area (Å²) in [5.41, 5.74) is 2.30. The fourth-order valence-electron chi connectivity index (χ4n) is 0.673. The fraction of sp³-hybridized carbons (Fsp3) is 0. The number of carboxylic acids is 1. The standard InChI is InChI=1S/C6H3F3N2O2/c7-1-3(10)2(8)5(9)11-4(1)6(12)13/h(H2,10,11)(H,12,13). The van der Waals surface area contributed by atoms with Crippen molar-refractivity contribution < 1.29 is 23.1 Å². The Labute approximate surface area is 69.8 Å². The van der Waals surface area contributed by atoms with Crippen molar-refractivity contribution in [2.75, 3.05) is 5.73 Å². The van der Waals surface area contributed by atoms with Crippen LogP contribution < -0.4 is 5.73 Å². The summed E-state index contributed by atoms with van der Waals surface area (Å²) in [6.45, 7) is 0. The lowest BCUT2D eigenvalue weighted by molar-refractivity contribution is 0.0683. The Hall–Kier alpha value is -1.79. The largest absolute Gasteiger partial charge is 0.476 e. The quantitative estimate of drug-likeness (QED) is 0.644. The van der Waals surface area contributed by atoms with Crippen LogP contribution in [0.3, 0.4) is 0 Å². The highest BCUT2D eigenvalue weighted by molar-refractivity contribution is 5.86. The first-order valence-electron chi connectivity index (χ1n) is 2.98. The van der Waals surface area contributed by atoms with Gasteiger partial charge in [-0.1, -0.05) is 0 Å². The molecular weight excluding hydrogens is 189 g/mol. The Morgan fingerprint density at radius 2 is 1.85 bits per heavy atom. The number of hydrogen-bond acceptors (Lipinski definition) is 3. The van der Waals surface area contributed by atoms with Gasteiger partial charge in [0.05, 0.1) is 0 Å². The summed E-state index contributed by atoms with van der Waals surface area (Å²) in [6.07, 6.45) is 0. The first-order chi connectivity index (χ1) is 5.95. The molecule has 0 fully saturated rings. The molecule has 0 aliphatic heterocycles. The molecule has 1 rings (SSSR count). The highest BCUT2D eigenvalue weighted by Crippen LogP contribution is 2.18. The summed E-state index contributed by atoms with van der Waals surface area (Å²) < 4.78 is 37.5. The van der Waals surface area contributed by atoms with Gasteiger partial charge in [0.1, 0.15) is 5.69 Å². The van der Waals surface area contributed by atoms with Gasteiger partial charge in [0, 0.05) is 0 Å². The first kappa shape index (κ1) is 9.30. The molecule has 13 heavy (non-hydrogen) atoms. The molecule has 4 nitrogen and oxygen atoms in total. The maximum absolute atomic E-state index is 12.7. The molecule has 0 spiro atoms. The van der Waals surface area contributed by atoms with Gasteiger partial charge in [-0.05, 0) is 0 Å². The van der Waals surface area contributed by atoms with Crippen molar-refractivity contribution in [3.8, 4) is 0 Å². The van der Waals surface area contributed by atoms with Crippen LogP contribution in [0.25, 0.3) is 0 Å². The minimum Gasteiger partial charge on any atom is -0.476 e. The molecular formula is C6H3F3N2O2. The highest BCUT2D eigenvalue weighted by Gasteiger charge is 2.22. The number of aromatic nitrogens is 1. The van der Waals surface area contributed by atoms with Crippen LogP contribution in [0.5, 0.6) is 0 Å². The van der Waals surface area contributed by atoms with Crippen molar-refractivity contribution in [2.45, 2.75) is 0 Å². The van der Waals surface area contributed by atoms with Crippen molar-refractivity contribution in [2.24, 2.45) is 0 Å². The molecule has 1 aromatic heterocycles. The van der Waals surface area contributed by atoms with E-state index in [1.54, 1.807) is 0 Å². The van der Waals surface area contributed by atoms with Crippen LogP contribution >= 0.6 is 0 Å². The Morgan fingerprint density at radius 1 is 1.31 bits per heavy atom. The summed E-state index contributed by atoms with van der Waals surface area (Å²) in [4.78, 5) is 12.7. The lowest BCUT2D eigenvalue weighted by Crippen LogP contribution is -2.11. The Bertz CT molecular complexity index is 381. The van der Waals surface area contributed by atoms with Crippen molar-refractivity contribution in [1.82, 2.24) is 4.98 Å². The molecule has 0 radical (unpaired) electrons. The van der Waals surface area contributed by atoms with E-state index >= 15 is 0 Å². The zero-order valence-electron chi connectivity index (χ0n) is 6.01. The van der Waals surface area contributed by atoms with E-state index in [4.69, 9.17) is 10.8 Å². The van der Waals surface area contributed by atoms with Gasteiger partial charge in [-0.15, -0.1) is 0 Å². The van der Waals surface area contributed by atoms with Gasteiger partial charge in [0.2, 0.25) is 5.82 Å². The first-order valence-corrected chi connectivity index (χ1v) is 2.98. The normalized spacial score (nSPS) is 10.1. The molecule has 0 saturated carbocycles. The van der Waals surface area contributed by atoms with Crippen LogP contribution in [-0.2, 0) is 0 Å². The van der Waals surface area contributed by atoms with E-state index < -0.39 is 34.9 Å². The van der Waals surface area contributed by atoms with Crippen LogP contribution in [0, 0.1) is 17.6 Å². The molecule has 3 N–H and O–H groups in total. The van der Waals surface area contributed by atoms with Crippen LogP contribution in [0.15, 0.2) is 0 Å². The Balaban J connectivity index is 3.50. The molecule has 0 aliphatic rings. The second-order valence-corrected chi connectivity index (χ2v) is 2.10. The van der Waals surface area contributed by atoms with E-state index in [9.17, 15) is 18.0 Å². The van der Waals surface area contributed by atoms with Crippen LogP contribution in [0.4, 0.5) is 18.9 Å². The van der Waals surface area contributed by atoms with E-state index in [1.807, 2.05) is 0 Å². The average Bonchev–Trinajstić information content (AvgIpc) is 2.07. The second kappa shape index (κ2) is 2.92. The molecule has 1 aromatic rings. The average molecular weight is 192 g/mol. The number of hydrogen-bond donors (Lipinski definition) is 2. The topological polar surface area (TPSA) is 76.2 Å². The molecule has 0 bridgehead atoms. The van der Waals surface area contributed by atoms with Crippen molar-refractivity contribution in [3.63, 3.8) is 0 Å². The number of pyridine rings is 1. The predicted molar refractivity (Wildman–Crippen MR) is 35.5 cm³/mol. The highest BCUT2D eigenvalue weighted by atomic mass is 19.2. The van der Waals surface area contributed by atoms with Gasteiger partial charge in [-0.25, -0.2) is 14.2 Å². The monoisotopic (exact) mass is 192 g/mol. The third-order valence-electron chi connectivity index (χ3n) is 1.27. The van der Waals surface area contributed by atoms with E-state index in [0.29, 0.717) is 0 Å². The number of anilines is 1. The van der Waals surface area contributed by atoms with Gasteiger partial charge in [-0.2, -0.15) is 8.78 Å². The number of rotatable bonds is 1. The Morgan fingerprint density at radius 3 is 2.31 bits per heavy atom. The maximum atomic E-state index is 12.7. The van der Waals surface area contributed by atoms with E-state index in [1.165, 1.54) is 0 Å². The smallest absolute Gasteiger partial charge is 0.357 e. The molecule has 0 atom stereocenters. The van der Waals surface area contributed by atoms with Gasteiger partial charge in [-0.3, -0.25) is 0 Å². The predicted octanol–water partition coefficient (Wildman–Crippen LogP) is 0.779.